The molecule has 0 aromatic heterocycles. The summed E-state index contributed by atoms with van der Waals surface area (Å²) < 4.78 is 23.9. The first-order chi connectivity index (χ1) is 10.3. The first-order valence-corrected chi connectivity index (χ1v) is 9.87. The van der Waals surface area contributed by atoms with Crippen LogP contribution in [0.2, 0.25) is 5.02 Å². The Bertz CT molecular complexity index is 776. The Hall–Kier alpha value is -1.05. The molecular weight excluding hydrogens is 344 g/mol. The van der Waals surface area contributed by atoms with E-state index in [0.717, 1.165) is 11.3 Å². The lowest BCUT2D eigenvalue weighted by Crippen LogP contribution is -2.38. The van der Waals surface area contributed by atoms with E-state index >= 15 is 0 Å². The molecule has 0 aliphatic carbocycles. The summed E-state index contributed by atoms with van der Waals surface area (Å²) in [5.41, 5.74) is 1.66. The number of hydrogen-bond acceptors (Lipinski definition) is 4. The average molecular weight is 359 g/mol. The predicted molar refractivity (Wildman–Crippen MR) is 90.6 cm³/mol. The second-order valence-electron chi connectivity index (χ2n) is 5.47. The molecule has 2 fully saturated rings. The number of halogens is 1. The molecule has 0 N–H and O–H groups in total. The van der Waals surface area contributed by atoms with Crippen molar-refractivity contribution in [2.45, 2.75) is 25.1 Å². The Balaban J connectivity index is 2.10. The molecule has 8 heteroatoms. The van der Waals surface area contributed by atoms with Crippen LogP contribution in [0.4, 0.5) is 5.69 Å². The third kappa shape index (κ3) is 2.77. The number of benzene rings is 1. The quantitative estimate of drug-likeness (QED) is 0.770. The van der Waals surface area contributed by atoms with Gasteiger partial charge in [-0.1, -0.05) is 29.4 Å². The Kier molecular flexibility index (Phi) is 3.99. The molecule has 1 amide bonds. The lowest BCUT2D eigenvalue weighted by molar-refractivity contribution is -0.115. The maximum absolute atomic E-state index is 11.9. The van der Waals surface area contributed by atoms with Gasteiger partial charge in [-0.05, 0) is 24.6 Å². The van der Waals surface area contributed by atoms with Gasteiger partial charge in [0, 0.05) is 22.9 Å². The van der Waals surface area contributed by atoms with Gasteiger partial charge in [-0.2, -0.15) is 4.99 Å². The van der Waals surface area contributed by atoms with Gasteiger partial charge < -0.3 is 4.90 Å². The fourth-order valence-corrected chi connectivity index (χ4v) is 6.96. The zero-order chi connectivity index (χ0) is 16.1. The van der Waals surface area contributed by atoms with Gasteiger partial charge in [0.15, 0.2) is 15.0 Å². The van der Waals surface area contributed by atoms with Crippen LogP contribution in [0.1, 0.15) is 12.5 Å². The van der Waals surface area contributed by atoms with Crippen molar-refractivity contribution in [1.82, 2.24) is 0 Å². The summed E-state index contributed by atoms with van der Waals surface area (Å²) >= 11 is 7.55. The van der Waals surface area contributed by atoms with Gasteiger partial charge in [0.1, 0.15) is 0 Å². The van der Waals surface area contributed by atoms with Crippen molar-refractivity contribution < 1.29 is 13.2 Å². The number of fused-ring (bicyclic) bond motifs is 1. The minimum absolute atomic E-state index is 0.0769. The number of amidine groups is 1. The molecule has 1 aromatic rings. The van der Waals surface area contributed by atoms with E-state index in [0.29, 0.717) is 10.2 Å². The molecule has 1 aromatic carbocycles. The molecule has 2 atom stereocenters. The second kappa shape index (κ2) is 5.54. The van der Waals surface area contributed by atoms with Crippen LogP contribution in [0.25, 0.3) is 0 Å². The highest BCUT2D eigenvalue weighted by Crippen LogP contribution is 2.42. The molecule has 5 nitrogen and oxygen atoms in total. The molecule has 2 aliphatic heterocycles. The molecule has 22 heavy (non-hydrogen) atoms. The van der Waals surface area contributed by atoms with Crippen LogP contribution in [0.15, 0.2) is 23.2 Å². The van der Waals surface area contributed by atoms with Crippen LogP contribution in [0, 0.1) is 6.92 Å². The van der Waals surface area contributed by atoms with Gasteiger partial charge in [-0.3, -0.25) is 4.79 Å². The van der Waals surface area contributed by atoms with Gasteiger partial charge in [0.2, 0.25) is 5.91 Å². The fraction of sp³-hybridized carbons (Fsp3) is 0.429. The van der Waals surface area contributed by atoms with Gasteiger partial charge in [-0.15, -0.1) is 0 Å². The Morgan fingerprint density at radius 3 is 2.82 bits per heavy atom. The highest BCUT2D eigenvalue weighted by Gasteiger charge is 2.49. The van der Waals surface area contributed by atoms with Gasteiger partial charge in [-0.25, -0.2) is 8.42 Å². The minimum Gasteiger partial charge on any atom is -0.315 e. The molecule has 118 valence electrons. The van der Waals surface area contributed by atoms with Crippen molar-refractivity contribution in [1.29, 1.82) is 0 Å². The largest absolute Gasteiger partial charge is 0.315 e. The third-order valence-corrected chi connectivity index (χ3v) is 7.44. The first-order valence-electron chi connectivity index (χ1n) is 6.79. The second-order valence-corrected chi connectivity index (χ2v) is 9.24. The minimum atomic E-state index is -3.06. The summed E-state index contributed by atoms with van der Waals surface area (Å²) in [4.78, 5) is 17.3. The number of amides is 1. The maximum Gasteiger partial charge on any atom is 0.244 e. The number of anilines is 1. The predicted octanol–water partition coefficient (Wildman–Crippen LogP) is 2.27. The average Bonchev–Trinajstić information content (AvgIpc) is 2.84. The van der Waals surface area contributed by atoms with Crippen molar-refractivity contribution in [3.05, 3.63) is 28.8 Å². The smallest absolute Gasteiger partial charge is 0.244 e. The molecule has 0 spiro atoms. The van der Waals surface area contributed by atoms with Gasteiger partial charge in [0.05, 0.1) is 17.5 Å². The lowest BCUT2D eigenvalue weighted by atomic mass is 10.1. The summed E-state index contributed by atoms with van der Waals surface area (Å²) in [6, 6.07) is 5.28. The van der Waals surface area contributed by atoms with E-state index in [9.17, 15) is 13.2 Å². The fourth-order valence-electron chi connectivity index (χ4n) is 2.84. The van der Waals surface area contributed by atoms with E-state index in [1.54, 1.807) is 6.07 Å². The van der Waals surface area contributed by atoms with Crippen LogP contribution < -0.4 is 4.90 Å². The summed E-state index contributed by atoms with van der Waals surface area (Å²) in [7, 11) is -3.06. The number of carbonyl (C=O) groups excluding carboxylic acids is 1. The molecule has 3 rings (SSSR count). The summed E-state index contributed by atoms with van der Waals surface area (Å²) in [6.07, 6.45) is 0. The zero-order valence-corrected chi connectivity index (χ0v) is 14.5. The van der Waals surface area contributed by atoms with Gasteiger partial charge >= 0.3 is 0 Å². The van der Waals surface area contributed by atoms with Crippen molar-refractivity contribution in [3.63, 3.8) is 0 Å². The van der Waals surface area contributed by atoms with Crippen molar-refractivity contribution >= 4 is 50.0 Å². The van der Waals surface area contributed by atoms with Gasteiger partial charge in [0.25, 0.3) is 0 Å². The molecule has 0 unspecified atom stereocenters. The van der Waals surface area contributed by atoms with E-state index in [1.807, 2.05) is 24.0 Å². The van der Waals surface area contributed by atoms with Crippen molar-refractivity contribution in [3.8, 4) is 0 Å². The van der Waals surface area contributed by atoms with Crippen molar-refractivity contribution in [2.24, 2.45) is 4.99 Å². The number of aliphatic imine (C=N–C) groups is 1. The Labute approximate surface area is 138 Å². The SMILES string of the molecule is CC(=O)N=C1S[C@H]2CS(=O)(=O)C[C@H]2N1c1cccc(Cl)c1C. The van der Waals surface area contributed by atoms with Crippen LogP contribution >= 0.6 is 23.4 Å². The van der Waals surface area contributed by atoms with E-state index in [-0.39, 0.29) is 28.7 Å². The number of rotatable bonds is 1. The topological polar surface area (TPSA) is 66.8 Å². The molecule has 0 radical (unpaired) electrons. The van der Waals surface area contributed by atoms with Crippen LogP contribution in [-0.2, 0) is 14.6 Å². The number of thioether (sulfide) groups is 1. The van der Waals surface area contributed by atoms with E-state index in [2.05, 4.69) is 4.99 Å². The summed E-state index contributed by atoms with van der Waals surface area (Å²) in [5, 5.41) is 1.07. The summed E-state index contributed by atoms with van der Waals surface area (Å²) in [6.45, 7) is 3.27. The third-order valence-electron chi connectivity index (χ3n) is 3.82. The first kappa shape index (κ1) is 15.8. The molecule has 0 bridgehead atoms. The van der Waals surface area contributed by atoms with Crippen LogP contribution in [-0.4, -0.2) is 42.3 Å². The number of carbonyl (C=O) groups is 1. The molecule has 0 saturated carbocycles. The molecule has 2 saturated heterocycles. The highest BCUT2D eigenvalue weighted by molar-refractivity contribution is 8.16. The van der Waals surface area contributed by atoms with E-state index in [4.69, 9.17) is 11.6 Å². The monoisotopic (exact) mass is 358 g/mol. The molecule has 2 aliphatic rings. The Morgan fingerprint density at radius 1 is 1.41 bits per heavy atom. The van der Waals surface area contributed by atoms with Crippen LogP contribution in [0.5, 0.6) is 0 Å². The molecular formula is C14H15ClN2O3S2. The Morgan fingerprint density at radius 2 is 2.14 bits per heavy atom. The summed E-state index contributed by atoms with van der Waals surface area (Å²) in [5.74, 6) is -0.0989. The highest BCUT2D eigenvalue weighted by atomic mass is 35.5. The number of hydrogen-bond donors (Lipinski definition) is 0. The van der Waals surface area contributed by atoms with E-state index in [1.165, 1.54) is 18.7 Å². The zero-order valence-electron chi connectivity index (χ0n) is 12.1. The van der Waals surface area contributed by atoms with Crippen molar-refractivity contribution in [2.75, 3.05) is 16.4 Å². The molecule has 2 heterocycles. The van der Waals surface area contributed by atoms with E-state index < -0.39 is 9.84 Å². The lowest BCUT2D eigenvalue weighted by Gasteiger charge is -2.26. The number of sulfone groups is 1. The normalized spacial score (nSPS) is 28.1. The number of nitrogens with zero attached hydrogens (tertiary/aromatic N) is 2. The van der Waals surface area contributed by atoms with Crippen LogP contribution in [0.3, 0.4) is 0 Å². The standard InChI is InChI=1S/C14H15ClN2O3S2/c1-8-10(15)4-3-5-11(8)17-12-6-22(19,20)7-13(12)21-14(17)16-9(2)18/h3-5,12-13H,6-7H2,1-2H3/t12-,13+/m1/s1. The maximum atomic E-state index is 11.9.